The first-order valence-corrected chi connectivity index (χ1v) is 15.2. The van der Waals surface area contributed by atoms with E-state index in [4.69, 9.17) is 25.2 Å². The number of nitrogens with zero attached hydrogens (tertiary/aromatic N) is 6. The first-order chi connectivity index (χ1) is 23.1. The maximum Gasteiger partial charge on any atom is 0.251 e. The van der Waals surface area contributed by atoms with Gasteiger partial charge in [0.15, 0.2) is 0 Å². The molecule has 0 fully saturated rings. The first kappa shape index (κ1) is 30.9. The fourth-order valence-electron chi connectivity index (χ4n) is 5.77. The molecule has 0 bridgehead atoms. The van der Waals surface area contributed by atoms with Gasteiger partial charge in [-0.05, 0) is 53.4 Å². The number of para-hydroxylation sites is 1. The first-order valence-electron chi connectivity index (χ1n) is 15.2. The molecule has 4 aromatic carbocycles. The number of H-pyrrole nitrogens is 1. The summed E-state index contributed by atoms with van der Waals surface area (Å²) < 4.78 is 13.3. The van der Waals surface area contributed by atoms with Crippen LogP contribution >= 0.6 is 0 Å². The van der Waals surface area contributed by atoms with Crippen molar-refractivity contribution >= 4 is 22.5 Å². The summed E-state index contributed by atoms with van der Waals surface area (Å²) >= 11 is 0. The van der Waals surface area contributed by atoms with Crippen molar-refractivity contribution in [2.24, 2.45) is 5.11 Å². The van der Waals surface area contributed by atoms with Crippen molar-refractivity contribution < 1.29 is 14.3 Å². The monoisotopic (exact) mass is 626 g/mol. The van der Waals surface area contributed by atoms with Gasteiger partial charge in [-0.1, -0.05) is 65.8 Å². The summed E-state index contributed by atoms with van der Waals surface area (Å²) in [7, 11) is 3.27. The van der Waals surface area contributed by atoms with Crippen LogP contribution in [-0.2, 0) is 19.4 Å². The molecule has 0 saturated heterocycles. The molecule has 0 aliphatic carbocycles. The third-order valence-electron chi connectivity index (χ3n) is 8.22. The average molecular weight is 627 g/mol. The summed E-state index contributed by atoms with van der Waals surface area (Å²) in [5, 5.41) is 17.3. The number of amides is 1. The number of fused-ring (bicyclic) bond motifs is 1. The minimum Gasteiger partial charge on any atom is -0.497 e. The van der Waals surface area contributed by atoms with Crippen molar-refractivity contribution in [3.63, 3.8) is 0 Å². The number of azide groups is 1. The number of carbonyl (C=O) groups is 1. The molecule has 2 N–H and O–H groups in total. The van der Waals surface area contributed by atoms with E-state index in [9.17, 15) is 4.79 Å². The van der Waals surface area contributed by atoms with Crippen LogP contribution in [0.1, 0.15) is 44.6 Å². The van der Waals surface area contributed by atoms with Crippen LogP contribution in [0.3, 0.4) is 0 Å². The van der Waals surface area contributed by atoms with Gasteiger partial charge in [-0.2, -0.15) is 0 Å². The highest BCUT2D eigenvalue weighted by Gasteiger charge is 2.27. The molecular weight excluding hydrogens is 592 g/mol. The number of aryl methyl sites for hydroxylation is 2. The third kappa shape index (κ3) is 6.95. The quantitative estimate of drug-likeness (QED) is 0.0798. The minimum atomic E-state index is -0.347. The number of hydrogen-bond acceptors (Lipinski definition) is 6. The van der Waals surface area contributed by atoms with Crippen molar-refractivity contribution in [1.29, 1.82) is 0 Å². The van der Waals surface area contributed by atoms with Gasteiger partial charge < -0.3 is 24.3 Å². The highest BCUT2D eigenvalue weighted by atomic mass is 16.5. The van der Waals surface area contributed by atoms with E-state index in [2.05, 4.69) is 43.1 Å². The summed E-state index contributed by atoms with van der Waals surface area (Å²) in [4.78, 5) is 19.6. The molecule has 6 aromatic rings. The van der Waals surface area contributed by atoms with E-state index >= 15 is 0 Å². The van der Waals surface area contributed by atoms with Gasteiger partial charge in [0, 0.05) is 57.9 Å². The largest absolute Gasteiger partial charge is 0.497 e. The molecule has 2 aromatic heterocycles. The highest BCUT2D eigenvalue weighted by molar-refractivity contribution is 5.94. The molecule has 0 aliphatic rings. The predicted molar refractivity (Wildman–Crippen MR) is 180 cm³/mol. The molecule has 0 spiro atoms. The molecule has 2 heterocycles. The Bertz CT molecular complexity index is 2030. The number of hydrogen-bond donors (Lipinski definition) is 2. The molecule has 1 atom stereocenters. The zero-order valence-electron chi connectivity index (χ0n) is 26.1. The molecule has 236 valence electrons. The summed E-state index contributed by atoms with van der Waals surface area (Å²) in [6.07, 6.45) is 3.44. The number of aromatic nitrogens is 4. The van der Waals surface area contributed by atoms with E-state index in [1.807, 2.05) is 60.8 Å². The standard InChI is InChI=1S/C36H34N8O3/c1-46-28-18-15-26(33(20-28)47-2)23-44-34(19-12-24-8-4-3-5-9-24)41-42-35(44)31(30-21-38-32-11-7-6-10-29(30)32)22-39-36(45)25-13-16-27(17-14-25)40-43-37/h3-11,13-18,20-21,31,38H,12,19,22-23H2,1-2H3,(H,39,45). The van der Waals surface area contributed by atoms with Crippen LogP contribution in [0, 0.1) is 0 Å². The van der Waals surface area contributed by atoms with E-state index in [0.717, 1.165) is 40.1 Å². The molecule has 1 amide bonds. The lowest BCUT2D eigenvalue weighted by Gasteiger charge is -2.20. The minimum absolute atomic E-state index is 0.255. The molecule has 6 rings (SSSR count). The van der Waals surface area contributed by atoms with Gasteiger partial charge in [0.1, 0.15) is 23.1 Å². The van der Waals surface area contributed by atoms with Crippen molar-refractivity contribution in [1.82, 2.24) is 25.1 Å². The Morgan fingerprint density at radius 1 is 0.957 bits per heavy atom. The highest BCUT2D eigenvalue weighted by Crippen LogP contribution is 2.32. The Labute approximate surface area is 271 Å². The summed E-state index contributed by atoms with van der Waals surface area (Å²) in [5.41, 5.74) is 13.7. The third-order valence-corrected chi connectivity index (χ3v) is 8.22. The van der Waals surface area contributed by atoms with Crippen LogP contribution in [0.2, 0.25) is 0 Å². The fourth-order valence-corrected chi connectivity index (χ4v) is 5.77. The number of methoxy groups -OCH3 is 2. The van der Waals surface area contributed by atoms with Gasteiger partial charge in [0.25, 0.3) is 5.91 Å². The molecule has 11 nitrogen and oxygen atoms in total. The van der Waals surface area contributed by atoms with Gasteiger partial charge in [-0.3, -0.25) is 4.79 Å². The van der Waals surface area contributed by atoms with Crippen LogP contribution in [0.15, 0.2) is 108 Å². The maximum atomic E-state index is 13.4. The average Bonchev–Trinajstić information content (AvgIpc) is 3.73. The molecule has 0 aliphatic heterocycles. The van der Waals surface area contributed by atoms with Gasteiger partial charge in [0.2, 0.25) is 0 Å². The molecule has 0 radical (unpaired) electrons. The van der Waals surface area contributed by atoms with Crippen molar-refractivity contribution in [3.05, 3.63) is 148 Å². The van der Waals surface area contributed by atoms with E-state index in [-0.39, 0.29) is 18.4 Å². The topological polar surface area (TPSA) is 143 Å². The lowest BCUT2D eigenvalue weighted by Crippen LogP contribution is -2.30. The normalized spacial score (nSPS) is 11.5. The van der Waals surface area contributed by atoms with Crippen LogP contribution in [0.4, 0.5) is 5.69 Å². The van der Waals surface area contributed by atoms with Gasteiger partial charge in [0.05, 0.1) is 26.7 Å². The van der Waals surface area contributed by atoms with Crippen LogP contribution in [0.5, 0.6) is 11.5 Å². The second kappa shape index (κ2) is 14.4. The van der Waals surface area contributed by atoms with Crippen molar-refractivity contribution in [2.75, 3.05) is 20.8 Å². The van der Waals surface area contributed by atoms with E-state index in [0.29, 0.717) is 35.7 Å². The second-order valence-corrected chi connectivity index (χ2v) is 11.0. The smallest absolute Gasteiger partial charge is 0.251 e. The lowest BCUT2D eigenvalue weighted by atomic mass is 9.96. The van der Waals surface area contributed by atoms with E-state index in [1.165, 1.54) is 5.56 Å². The maximum absolute atomic E-state index is 13.4. The summed E-state index contributed by atoms with van der Waals surface area (Å²) in [6.45, 7) is 0.711. The Balaban J connectivity index is 1.40. The van der Waals surface area contributed by atoms with Crippen LogP contribution < -0.4 is 14.8 Å². The number of rotatable bonds is 13. The van der Waals surface area contributed by atoms with Gasteiger partial charge in [-0.15, -0.1) is 10.2 Å². The van der Waals surface area contributed by atoms with Gasteiger partial charge in [-0.25, -0.2) is 0 Å². The van der Waals surface area contributed by atoms with E-state index in [1.54, 1.807) is 38.5 Å². The second-order valence-electron chi connectivity index (χ2n) is 11.0. The van der Waals surface area contributed by atoms with Crippen molar-refractivity contribution in [3.8, 4) is 11.5 Å². The fraction of sp³-hybridized carbons (Fsp3) is 0.194. The molecule has 1 unspecified atom stereocenters. The number of nitrogens with one attached hydrogen (secondary N) is 2. The molecular formula is C36H34N8O3. The zero-order chi connectivity index (χ0) is 32.6. The molecule has 11 heteroatoms. The molecule has 0 saturated carbocycles. The number of ether oxygens (including phenoxy) is 2. The Kier molecular flexibility index (Phi) is 9.45. The summed E-state index contributed by atoms with van der Waals surface area (Å²) in [6, 6.07) is 30.7. The zero-order valence-corrected chi connectivity index (χ0v) is 26.1. The lowest BCUT2D eigenvalue weighted by molar-refractivity contribution is 0.0952. The Hall–Kier alpha value is -6.06. The van der Waals surface area contributed by atoms with Gasteiger partial charge >= 0.3 is 0 Å². The molecule has 47 heavy (non-hydrogen) atoms. The van der Waals surface area contributed by atoms with Crippen LogP contribution in [-0.4, -0.2) is 46.4 Å². The Morgan fingerprint density at radius 2 is 1.74 bits per heavy atom. The number of aromatic amines is 1. The SMILES string of the molecule is COc1ccc(Cn2c(CCc3ccccc3)nnc2C(CNC(=O)c2ccc(N=[N+]=[N-])cc2)c2c[nH]c3ccccc23)c(OC)c1. The summed E-state index contributed by atoms with van der Waals surface area (Å²) in [5.74, 6) is 2.33. The number of carbonyl (C=O) groups excluding carboxylic acids is 1. The number of benzene rings is 4. The predicted octanol–water partition coefficient (Wildman–Crippen LogP) is 7.11. The van der Waals surface area contributed by atoms with Crippen molar-refractivity contribution in [2.45, 2.75) is 25.3 Å². The Morgan fingerprint density at radius 3 is 2.51 bits per heavy atom. The van der Waals surface area contributed by atoms with E-state index < -0.39 is 0 Å². The van der Waals surface area contributed by atoms with Crippen LogP contribution in [0.25, 0.3) is 21.3 Å².